The number of piperidine rings is 1. The normalized spacial score (nSPS) is 15.5. The molecular formula is C18H19FN2O3. The van der Waals surface area contributed by atoms with Crippen molar-refractivity contribution in [3.05, 3.63) is 47.9 Å². The van der Waals surface area contributed by atoms with Crippen LogP contribution in [0.25, 0.3) is 11.3 Å². The third-order valence-electron chi connectivity index (χ3n) is 4.61. The lowest BCUT2D eigenvalue weighted by Gasteiger charge is -2.30. The standard InChI is InChI=1S/C18H19FN2O3/c1-20-15(12-2-4-14(19)5-3-12)6-7-16(20)17(22)21-10-8-13(9-11-21)18(23)24/h2-7,13H,8-11H2,1H3,(H,23,24). The van der Waals surface area contributed by atoms with E-state index in [2.05, 4.69) is 0 Å². The van der Waals surface area contributed by atoms with Crippen molar-refractivity contribution in [2.24, 2.45) is 13.0 Å². The Balaban J connectivity index is 1.77. The maximum Gasteiger partial charge on any atom is 0.306 e. The van der Waals surface area contributed by atoms with E-state index in [9.17, 15) is 14.0 Å². The first-order valence-electron chi connectivity index (χ1n) is 7.91. The second-order valence-corrected chi connectivity index (χ2v) is 6.07. The van der Waals surface area contributed by atoms with E-state index in [4.69, 9.17) is 5.11 Å². The van der Waals surface area contributed by atoms with Gasteiger partial charge in [0.15, 0.2) is 0 Å². The summed E-state index contributed by atoms with van der Waals surface area (Å²) in [4.78, 5) is 25.4. The maximum absolute atomic E-state index is 13.1. The fourth-order valence-electron chi connectivity index (χ4n) is 3.13. The molecule has 1 aliphatic rings. The highest BCUT2D eigenvalue weighted by Crippen LogP contribution is 2.24. The minimum absolute atomic E-state index is 0.102. The first kappa shape index (κ1) is 16.2. The fraction of sp³-hybridized carbons (Fsp3) is 0.333. The van der Waals surface area contributed by atoms with Crippen LogP contribution in [-0.4, -0.2) is 39.5 Å². The number of nitrogens with zero attached hydrogens (tertiary/aromatic N) is 2. The zero-order valence-corrected chi connectivity index (χ0v) is 13.4. The first-order chi connectivity index (χ1) is 11.5. The summed E-state index contributed by atoms with van der Waals surface area (Å²) in [5, 5.41) is 9.04. The van der Waals surface area contributed by atoms with Crippen LogP contribution >= 0.6 is 0 Å². The van der Waals surface area contributed by atoms with Crippen LogP contribution in [0.2, 0.25) is 0 Å². The second kappa shape index (κ2) is 6.47. The molecule has 3 rings (SSSR count). The average Bonchev–Trinajstić information content (AvgIpc) is 2.96. The van der Waals surface area contributed by atoms with Crippen molar-refractivity contribution in [3.63, 3.8) is 0 Å². The summed E-state index contributed by atoms with van der Waals surface area (Å²) in [7, 11) is 1.80. The first-order valence-corrected chi connectivity index (χ1v) is 7.91. The molecule has 1 fully saturated rings. The third kappa shape index (κ3) is 3.04. The van der Waals surface area contributed by atoms with E-state index in [-0.39, 0.29) is 17.6 Å². The molecule has 0 aliphatic carbocycles. The van der Waals surface area contributed by atoms with Crippen LogP contribution in [0.15, 0.2) is 36.4 Å². The summed E-state index contributed by atoms with van der Waals surface area (Å²) >= 11 is 0. The Bertz CT molecular complexity index is 759. The highest BCUT2D eigenvalue weighted by molar-refractivity contribution is 5.94. The Morgan fingerprint density at radius 2 is 1.71 bits per heavy atom. The summed E-state index contributed by atoms with van der Waals surface area (Å²) in [6, 6.07) is 9.73. The van der Waals surface area contributed by atoms with Crippen LogP contribution in [0.1, 0.15) is 23.3 Å². The number of carboxylic acids is 1. The largest absolute Gasteiger partial charge is 0.481 e. The molecular weight excluding hydrogens is 311 g/mol. The number of amides is 1. The maximum atomic E-state index is 13.1. The molecule has 5 nitrogen and oxygen atoms in total. The fourth-order valence-corrected chi connectivity index (χ4v) is 3.13. The van der Waals surface area contributed by atoms with Gasteiger partial charge in [0, 0.05) is 25.8 Å². The van der Waals surface area contributed by atoms with Crippen LogP contribution in [0.5, 0.6) is 0 Å². The summed E-state index contributed by atoms with van der Waals surface area (Å²) in [5.74, 6) is -1.56. The Morgan fingerprint density at radius 1 is 1.08 bits per heavy atom. The minimum Gasteiger partial charge on any atom is -0.481 e. The number of carboxylic acid groups (broad SMARTS) is 1. The molecule has 1 saturated heterocycles. The zero-order valence-electron chi connectivity index (χ0n) is 13.4. The number of likely N-dealkylation sites (tertiary alicyclic amines) is 1. The number of benzene rings is 1. The van der Waals surface area contributed by atoms with Gasteiger partial charge in [-0.25, -0.2) is 4.39 Å². The van der Waals surface area contributed by atoms with Crippen molar-refractivity contribution in [1.82, 2.24) is 9.47 Å². The molecule has 1 aromatic carbocycles. The van der Waals surface area contributed by atoms with E-state index in [1.807, 2.05) is 6.07 Å². The van der Waals surface area contributed by atoms with Crippen LogP contribution in [0, 0.1) is 11.7 Å². The summed E-state index contributed by atoms with van der Waals surface area (Å²) < 4.78 is 14.8. The van der Waals surface area contributed by atoms with Crippen molar-refractivity contribution >= 4 is 11.9 Å². The van der Waals surface area contributed by atoms with Crippen molar-refractivity contribution < 1.29 is 19.1 Å². The monoisotopic (exact) mass is 330 g/mol. The lowest BCUT2D eigenvalue weighted by Crippen LogP contribution is -2.40. The molecule has 1 N–H and O–H groups in total. The van der Waals surface area contributed by atoms with Gasteiger partial charge in [0.05, 0.1) is 5.92 Å². The van der Waals surface area contributed by atoms with Crippen LogP contribution in [-0.2, 0) is 11.8 Å². The van der Waals surface area contributed by atoms with Gasteiger partial charge in [0.25, 0.3) is 5.91 Å². The number of hydrogen-bond acceptors (Lipinski definition) is 2. The Labute approximate surface area is 139 Å². The number of aromatic nitrogens is 1. The van der Waals surface area contributed by atoms with Gasteiger partial charge < -0.3 is 14.6 Å². The van der Waals surface area contributed by atoms with Crippen LogP contribution in [0.4, 0.5) is 4.39 Å². The number of rotatable bonds is 3. The number of halogens is 1. The van der Waals surface area contributed by atoms with E-state index in [0.29, 0.717) is 31.6 Å². The van der Waals surface area contributed by atoms with E-state index >= 15 is 0 Å². The van der Waals surface area contributed by atoms with Gasteiger partial charge in [0.2, 0.25) is 0 Å². The van der Waals surface area contributed by atoms with E-state index < -0.39 is 5.97 Å². The predicted octanol–water partition coefficient (Wildman–Crippen LogP) is 2.77. The molecule has 2 heterocycles. The highest BCUT2D eigenvalue weighted by atomic mass is 19.1. The van der Waals surface area contributed by atoms with Crippen molar-refractivity contribution in [2.45, 2.75) is 12.8 Å². The summed E-state index contributed by atoms with van der Waals surface area (Å²) in [6.07, 6.45) is 0.965. The molecule has 1 aromatic heterocycles. The Hall–Kier alpha value is -2.63. The van der Waals surface area contributed by atoms with Crippen molar-refractivity contribution in [2.75, 3.05) is 13.1 Å². The predicted molar refractivity (Wildman–Crippen MR) is 87.1 cm³/mol. The Kier molecular flexibility index (Phi) is 4.38. The highest BCUT2D eigenvalue weighted by Gasteiger charge is 2.28. The summed E-state index contributed by atoms with van der Waals surface area (Å²) in [6.45, 7) is 0.903. The molecule has 0 spiro atoms. The van der Waals surface area contributed by atoms with Gasteiger partial charge in [-0.2, -0.15) is 0 Å². The van der Waals surface area contributed by atoms with E-state index in [1.165, 1.54) is 12.1 Å². The SMILES string of the molecule is Cn1c(C(=O)N2CCC(C(=O)O)CC2)ccc1-c1ccc(F)cc1. The van der Waals surface area contributed by atoms with E-state index in [1.54, 1.807) is 34.7 Å². The lowest BCUT2D eigenvalue weighted by molar-refractivity contribution is -0.143. The van der Waals surface area contributed by atoms with Gasteiger partial charge in [-0.1, -0.05) is 0 Å². The summed E-state index contributed by atoms with van der Waals surface area (Å²) in [5.41, 5.74) is 2.21. The van der Waals surface area contributed by atoms with E-state index in [0.717, 1.165) is 11.3 Å². The number of carbonyl (C=O) groups excluding carboxylic acids is 1. The van der Waals surface area contributed by atoms with Gasteiger partial charge >= 0.3 is 5.97 Å². The number of aliphatic carboxylic acids is 1. The second-order valence-electron chi connectivity index (χ2n) is 6.07. The van der Waals surface area contributed by atoms with Gasteiger partial charge in [0.1, 0.15) is 11.5 Å². The molecule has 6 heteroatoms. The number of hydrogen-bond donors (Lipinski definition) is 1. The minimum atomic E-state index is -0.792. The molecule has 0 bridgehead atoms. The van der Waals surface area contributed by atoms with Gasteiger partial charge in [-0.15, -0.1) is 0 Å². The smallest absolute Gasteiger partial charge is 0.306 e. The third-order valence-corrected chi connectivity index (χ3v) is 4.61. The molecule has 126 valence electrons. The van der Waals surface area contributed by atoms with Crippen molar-refractivity contribution in [1.29, 1.82) is 0 Å². The molecule has 1 amide bonds. The van der Waals surface area contributed by atoms with Crippen LogP contribution < -0.4 is 0 Å². The molecule has 0 atom stereocenters. The van der Waals surface area contributed by atoms with Gasteiger partial charge in [-0.3, -0.25) is 9.59 Å². The average molecular weight is 330 g/mol. The lowest BCUT2D eigenvalue weighted by atomic mass is 9.97. The molecule has 2 aromatic rings. The molecule has 0 radical (unpaired) electrons. The molecule has 1 aliphatic heterocycles. The topological polar surface area (TPSA) is 62.5 Å². The van der Waals surface area contributed by atoms with Gasteiger partial charge in [-0.05, 0) is 54.8 Å². The Morgan fingerprint density at radius 3 is 2.29 bits per heavy atom. The number of carbonyl (C=O) groups is 2. The molecule has 0 unspecified atom stereocenters. The van der Waals surface area contributed by atoms with Crippen LogP contribution in [0.3, 0.4) is 0 Å². The van der Waals surface area contributed by atoms with Crippen molar-refractivity contribution in [3.8, 4) is 11.3 Å². The molecule has 0 saturated carbocycles. The quantitative estimate of drug-likeness (QED) is 0.941. The zero-order chi connectivity index (χ0) is 17.3. The molecule has 24 heavy (non-hydrogen) atoms.